The molecule has 0 aliphatic rings. The molecule has 466 valence electrons. The van der Waals surface area contributed by atoms with Gasteiger partial charge in [0, 0.05) is 60.6 Å². The molecule has 0 amide bonds. The predicted molar refractivity (Wildman–Crippen MR) is 327 cm³/mol. The van der Waals surface area contributed by atoms with Crippen LogP contribution in [0.15, 0.2) is 104 Å². The zero-order valence-electron chi connectivity index (χ0n) is 44.3. The van der Waals surface area contributed by atoms with Crippen molar-refractivity contribution in [1.82, 2.24) is 0 Å². The van der Waals surface area contributed by atoms with Gasteiger partial charge in [0.15, 0.2) is 0 Å². The first kappa shape index (κ1) is 89.5. The Kier molecular flexibility index (Phi) is 57.6. The number of hydrogen-bond acceptors (Lipinski definition) is 20. The van der Waals surface area contributed by atoms with Crippen LogP contribution in [0.3, 0.4) is 0 Å². The van der Waals surface area contributed by atoms with Crippen molar-refractivity contribution in [3.8, 4) is 23.0 Å². The monoisotopic (exact) mass is 1770 g/mol. The molecule has 28 nitrogen and oxygen atoms in total. The third-order valence-electron chi connectivity index (χ3n) is 8.03. The Morgan fingerprint density at radius 3 is 0.598 bits per heavy atom. The summed E-state index contributed by atoms with van der Waals surface area (Å²) in [5, 5.41) is 106. The number of rotatable bonds is 16. The van der Waals surface area contributed by atoms with Gasteiger partial charge < -0.3 is 101 Å². The average Bonchev–Trinajstić information content (AvgIpc) is 3.30. The van der Waals surface area contributed by atoms with E-state index in [1.807, 2.05) is 0 Å². The summed E-state index contributed by atoms with van der Waals surface area (Å²) in [7, 11) is 16.6. The van der Waals surface area contributed by atoms with Gasteiger partial charge in [-0.25, -0.2) is 0 Å². The van der Waals surface area contributed by atoms with E-state index in [2.05, 4.69) is 204 Å². The zero-order valence-corrected chi connectivity index (χ0v) is 58.9. The third kappa shape index (κ3) is 55.5. The molecule has 4 aromatic carbocycles. The average molecular weight is 1780 g/mol. The fourth-order valence-electron chi connectivity index (χ4n) is 4.51. The van der Waals surface area contributed by atoms with E-state index < -0.39 is 20.3 Å². The summed E-state index contributed by atoms with van der Waals surface area (Å²) >= 11 is 26.3. The van der Waals surface area contributed by atoms with Crippen LogP contribution in [-0.4, -0.2) is 154 Å². The van der Waals surface area contributed by atoms with Crippen molar-refractivity contribution in [3.05, 3.63) is 168 Å². The Hall–Kier alpha value is -3.72. The van der Waals surface area contributed by atoms with Gasteiger partial charge in [-0.3, -0.25) is 20.0 Å². The first-order valence-corrected chi connectivity index (χ1v) is 28.3. The van der Waals surface area contributed by atoms with Gasteiger partial charge in [0.1, 0.15) is 0 Å². The van der Waals surface area contributed by atoms with Crippen LogP contribution in [0, 0.1) is 61.3 Å². The fraction of sp³-hybridized carbons (Fsp3) is 0.364. The van der Waals surface area contributed by atoms with Crippen LogP contribution in [0.4, 0.5) is 0 Å². The molecular formula is C44H56Br8Cu2N12O16. The second kappa shape index (κ2) is 52.8. The number of quaternary nitrogens is 4. The van der Waals surface area contributed by atoms with Crippen molar-refractivity contribution in [3.63, 3.8) is 0 Å². The maximum Gasteiger partial charge on any atom is 2.00 e. The third-order valence-corrected chi connectivity index (χ3v) is 12.2. The minimum absolute atomic E-state index is 0. The molecule has 0 unspecified atom stereocenters. The second-order valence-electron chi connectivity index (χ2n) is 16.1. The van der Waals surface area contributed by atoms with Gasteiger partial charge >= 0.3 is 34.1 Å². The van der Waals surface area contributed by atoms with Crippen LogP contribution in [0.1, 0.15) is 22.3 Å². The Morgan fingerprint density at radius 2 is 0.476 bits per heavy atom. The predicted octanol–water partition coefficient (Wildman–Crippen LogP) is 2.43. The summed E-state index contributed by atoms with van der Waals surface area (Å²) in [6.45, 7) is 6.75. The van der Waals surface area contributed by atoms with Crippen LogP contribution >= 0.6 is 127 Å². The molecule has 4 N–H and O–H groups in total. The molecule has 4 rings (SSSR count). The largest absolute Gasteiger partial charge is 2.00 e. The smallest absolute Gasteiger partial charge is 0.871 e. The first-order valence-electron chi connectivity index (χ1n) is 22.0. The standard InChI is InChI=1S/4C11H14Br2N2O.2Cu.4NO3/c4*1-15(2)4-3-14-7-8-5-9(12)6-10(13)11(8)16;;;4*2-1(3)4/h4*5-7,16H,3-4H2,1-2H3;;;;;;/q;;;;2*+2;4*-1. The van der Waals surface area contributed by atoms with E-state index in [0.717, 1.165) is 70.2 Å². The molecule has 38 heteroatoms. The summed E-state index contributed by atoms with van der Waals surface area (Å²) in [6.07, 6.45) is 6.56. The molecule has 0 saturated carbocycles. The molecule has 2 radical (unpaired) electrons. The number of aliphatic imine (C=N–C) groups is 4. The van der Waals surface area contributed by atoms with Crippen molar-refractivity contribution in [2.45, 2.75) is 0 Å². The first-order chi connectivity index (χ1) is 36.9. The van der Waals surface area contributed by atoms with E-state index in [1.165, 1.54) is 19.6 Å². The number of nitrogens with zero attached hydrogens (tertiary/aromatic N) is 8. The molecule has 0 aromatic heterocycles. The maximum atomic E-state index is 11.7. The van der Waals surface area contributed by atoms with Crippen molar-refractivity contribution in [2.75, 3.05) is 109 Å². The molecule has 0 atom stereocenters. The summed E-state index contributed by atoms with van der Waals surface area (Å²) < 4.78 is 5.72. The Balaban J connectivity index is -0.000000213. The van der Waals surface area contributed by atoms with Gasteiger partial charge in [-0.1, -0.05) is 150 Å². The van der Waals surface area contributed by atoms with E-state index >= 15 is 0 Å². The molecule has 82 heavy (non-hydrogen) atoms. The van der Waals surface area contributed by atoms with Crippen molar-refractivity contribution < 1.29 is 94.5 Å². The van der Waals surface area contributed by atoms with Gasteiger partial charge in [-0.2, -0.15) is 0 Å². The van der Waals surface area contributed by atoms with E-state index in [-0.39, 0.29) is 57.1 Å². The summed E-state index contributed by atoms with van der Waals surface area (Å²) in [5.74, 6) is -0.0957. The molecule has 0 aliphatic carbocycles. The molecule has 0 aliphatic heterocycles. The van der Waals surface area contributed by atoms with E-state index in [0.29, 0.717) is 40.1 Å². The van der Waals surface area contributed by atoms with Crippen LogP contribution in [0.5, 0.6) is 23.0 Å². The SMILES string of the molecule is C[NH+](C)CCN=Cc1cc(Br)cc(Br)c1[O-].C[NH+](C)CCN=Cc1cc(Br)cc(Br)c1[O-].C[NH+](C)CCN=Cc1cc(Br)cc(Br)c1[O-].C[NH+](C)CCN=Cc1cc(Br)cc(Br)c1[O-].O=[N+]([O-])[O-].O=[N+]([O-])[O-].O=[N+]([O-])[O-].O=[N+]([O-])[O-].[Cu+2].[Cu+2]. The number of hydrogen-bond donors (Lipinski definition) is 4. The minimum atomic E-state index is -1.75. The van der Waals surface area contributed by atoms with Gasteiger partial charge in [-0.15, -0.1) is 0 Å². The molecular weight excluding hydrogens is 1720 g/mol. The maximum absolute atomic E-state index is 11.7. The van der Waals surface area contributed by atoms with Crippen LogP contribution in [-0.2, 0) is 34.1 Å². The van der Waals surface area contributed by atoms with E-state index in [1.54, 1.807) is 73.4 Å². The van der Waals surface area contributed by atoms with Gasteiger partial charge in [0.25, 0.3) is 0 Å². The quantitative estimate of drug-likeness (QED) is 0.0542. The zero-order chi connectivity index (χ0) is 62.8. The number of halogens is 8. The van der Waals surface area contributed by atoms with E-state index in [9.17, 15) is 20.4 Å². The minimum Gasteiger partial charge on any atom is -0.871 e. The van der Waals surface area contributed by atoms with E-state index in [4.69, 9.17) is 61.3 Å². The summed E-state index contributed by atoms with van der Waals surface area (Å²) in [4.78, 5) is 55.3. The number of nitrogens with one attached hydrogen (secondary N) is 4. The molecule has 0 saturated heterocycles. The Morgan fingerprint density at radius 1 is 0.341 bits per heavy atom. The van der Waals surface area contributed by atoms with Crippen LogP contribution in [0.2, 0.25) is 0 Å². The Bertz CT molecular complexity index is 2270. The fourth-order valence-corrected chi connectivity index (χ4v) is 9.54. The van der Waals surface area contributed by atoms with Crippen molar-refractivity contribution >= 4 is 152 Å². The second-order valence-corrected chi connectivity index (χ2v) is 23.2. The van der Waals surface area contributed by atoms with Gasteiger partial charge in [-0.05, 0) is 70.8 Å². The molecule has 0 heterocycles. The van der Waals surface area contributed by atoms with Crippen molar-refractivity contribution in [1.29, 1.82) is 0 Å². The number of benzene rings is 4. The topological polar surface area (TPSA) is 424 Å². The molecule has 4 aromatic rings. The summed E-state index contributed by atoms with van der Waals surface area (Å²) in [6, 6.07) is 14.1. The van der Waals surface area contributed by atoms with Crippen molar-refractivity contribution in [2.24, 2.45) is 20.0 Å². The molecule has 0 spiro atoms. The molecule has 0 bridgehead atoms. The van der Waals surface area contributed by atoms with Crippen LogP contribution in [0.25, 0.3) is 0 Å². The van der Waals surface area contributed by atoms with Gasteiger partial charge in [0.05, 0.1) is 129 Å². The summed E-state index contributed by atoms with van der Waals surface area (Å²) in [5.41, 5.74) is 2.43. The van der Waals surface area contributed by atoms with Crippen LogP contribution < -0.4 is 40.0 Å². The van der Waals surface area contributed by atoms with Gasteiger partial charge in [0.2, 0.25) is 0 Å². The molecule has 0 fully saturated rings. The number of likely N-dealkylation sites (N-methyl/N-ethyl adjacent to an activating group) is 4. The normalized spacial score (nSPS) is 10.2. The Labute approximate surface area is 560 Å².